The fourth-order valence-corrected chi connectivity index (χ4v) is 3.59. The molecule has 1 fully saturated rings. The lowest BCUT2D eigenvalue weighted by atomic mass is 10.0. The Morgan fingerprint density at radius 1 is 1.21 bits per heavy atom. The SMILES string of the molecule is O=C(CCC1CCCC1)Nc1nn(Cc2ccccc2Cl)cc1Cl. The number of nitrogens with zero attached hydrogens (tertiary/aromatic N) is 2. The van der Waals surface area contributed by atoms with Crippen LogP contribution in [0.15, 0.2) is 30.5 Å². The van der Waals surface area contributed by atoms with Crippen LogP contribution >= 0.6 is 23.2 Å². The molecule has 1 aromatic heterocycles. The minimum Gasteiger partial charge on any atom is -0.308 e. The van der Waals surface area contributed by atoms with Crippen LogP contribution in [0, 0.1) is 5.92 Å². The summed E-state index contributed by atoms with van der Waals surface area (Å²) in [7, 11) is 0. The number of hydrogen-bond acceptors (Lipinski definition) is 2. The maximum absolute atomic E-state index is 12.1. The minimum absolute atomic E-state index is 0.0215. The van der Waals surface area contributed by atoms with E-state index in [9.17, 15) is 4.79 Å². The Bertz CT molecular complexity index is 708. The molecule has 0 atom stereocenters. The van der Waals surface area contributed by atoms with E-state index in [1.54, 1.807) is 10.9 Å². The third kappa shape index (κ3) is 4.52. The average molecular weight is 366 g/mol. The van der Waals surface area contributed by atoms with Crippen LogP contribution < -0.4 is 5.32 Å². The summed E-state index contributed by atoms with van der Waals surface area (Å²) in [5.41, 5.74) is 0.956. The molecular formula is C18H21Cl2N3O. The Morgan fingerprint density at radius 2 is 1.96 bits per heavy atom. The summed E-state index contributed by atoms with van der Waals surface area (Å²) in [5.74, 6) is 1.09. The summed E-state index contributed by atoms with van der Waals surface area (Å²) in [4.78, 5) is 12.1. The van der Waals surface area contributed by atoms with Gasteiger partial charge in [-0.2, -0.15) is 5.10 Å². The Balaban J connectivity index is 1.57. The van der Waals surface area contributed by atoms with E-state index in [2.05, 4.69) is 10.4 Å². The summed E-state index contributed by atoms with van der Waals surface area (Å²) >= 11 is 12.4. The van der Waals surface area contributed by atoms with Crippen LogP contribution in [0.3, 0.4) is 0 Å². The maximum Gasteiger partial charge on any atom is 0.225 e. The van der Waals surface area contributed by atoms with Crippen LogP contribution in [0.5, 0.6) is 0 Å². The molecule has 6 heteroatoms. The molecule has 1 N–H and O–H groups in total. The molecule has 1 aliphatic carbocycles. The highest BCUT2D eigenvalue weighted by molar-refractivity contribution is 6.33. The number of carbonyl (C=O) groups excluding carboxylic acids is 1. The van der Waals surface area contributed by atoms with Crippen LogP contribution in [-0.2, 0) is 11.3 Å². The zero-order valence-corrected chi connectivity index (χ0v) is 15.0. The molecule has 2 aromatic rings. The lowest BCUT2D eigenvalue weighted by Gasteiger charge is -2.08. The van der Waals surface area contributed by atoms with Gasteiger partial charge in [-0.25, -0.2) is 0 Å². The van der Waals surface area contributed by atoms with E-state index >= 15 is 0 Å². The van der Waals surface area contributed by atoms with Crippen molar-refractivity contribution in [2.45, 2.75) is 45.1 Å². The van der Waals surface area contributed by atoms with Gasteiger partial charge in [0.25, 0.3) is 0 Å². The molecule has 0 spiro atoms. The van der Waals surface area contributed by atoms with Crippen LogP contribution in [0.25, 0.3) is 0 Å². The van der Waals surface area contributed by atoms with Gasteiger partial charge in [-0.1, -0.05) is 67.1 Å². The predicted octanol–water partition coefficient (Wildman–Crippen LogP) is 5.15. The highest BCUT2D eigenvalue weighted by atomic mass is 35.5. The Hall–Kier alpha value is -1.52. The molecule has 1 aliphatic rings. The first kappa shape index (κ1) is 17.3. The average Bonchev–Trinajstić information content (AvgIpc) is 3.18. The van der Waals surface area contributed by atoms with Gasteiger partial charge in [0.1, 0.15) is 5.02 Å². The highest BCUT2D eigenvalue weighted by Crippen LogP contribution is 2.29. The molecule has 24 heavy (non-hydrogen) atoms. The van der Waals surface area contributed by atoms with Crippen molar-refractivity contribution in [1.82, 2.24) is 9.78 Å². The fraction of sp³-hybridized carbons (Fsp3) is 0.444. The van der Waals surface area contributed by atoms with Crippen molar-refractivity contribution in [2.75, 3.05) is 5.32 Å². The molecule has 1 amide bonds. The van der Waals surface area contributed by atoms with E-state index in [0.717, 1.165) is 12.0 Å². The van der Waals surface area contributed by atoms with Gasteiger partial charge in [0.05, 0.1) is 6.54 Å². The number of amides is 1. The normalized spacial score (nSPS) is 14.9. The first-order valence-electron chi connectivity index (χ1n) is 8.38. The molecule has 128 valence electrons. The number of nitrogens with one attached hydrogen (secondary N) is 1. The van der Waals surface area contributed by atoms with E-state index in [0.29, 0.717) is 34.7 Å². The molecule has 0 radical (unpaired) electrons. The lowest BCUT2D eigenvalue weighted by Crippen LogP contribution is -2.14. The predicted molar refractivity (Wildman–Crippen MR) is 97.6 cm³/mol. The van der Waals surface area contributed by atoms with Gasteiger partial charge >= 0.3 is 0 Å². The Labute approximate surface area is 152 Å². The summed E-state index contributed by atoms with van der Waals surface area (Å²) in [5, 5.41) is 8.31. The number of hydrogen-bond donors (Lipinski definition) is 1. The van der Waals surface area contributed by atoms with Gasteiger partial charge in [-0.05, 0) is 24.0 Å². The van der Waals surface area contributed by atoms with Crippen molar-refractivity contribution < 1.29 is 4.79 Å². The van der Waals surface area contributed by atoms with E-state index < -0.39 is 0 Å². The maximum atomic E-state index is 12.1. The van der Waals surface area contributed by atoms with Crippen molar-refractivity contribution in [3.8, 4) is 0 Å². The lowest BCUT2D eigenvalue weighted by molar-refractivity contribution is -0.116. The van der Waals surface area contributed by atoms with E-state index in [-0.39, 0.29) is 5.91 Å². The second-order valence-electron chi connectivity index (χ2n) is 6.35. The number of aromatic nitrogens is 2. The molecule has 0 unspecified atom stereocenters. The second kappa shape index (κ2) is 8.04. The first-order chi connectivity index (χ1) is 11.6. The number of benzene rings is 1. The van der Waals surface area contributed by atoms with Crippen LogP contribution in [-0.4, -0.2) is 15.7 Å². The third-order valence-corrected chi connectivity index (χ3v) is 5.16. The number of rotatable bonds is 6. The molecule has 1 heterocycles. The van der Waals surface area contributed by atoms with E-state index in [1.165, 1.54) is 25.7 Å². The van der Waals surface area contributed by atoms with Crippen molar-refractivity contribution in [1.29, 1.82) is 0 Å². The summed E-state index contributed by atoms with van der Waals surface area (Å²) in [6.45, 7) is 0.511. The quantitative estimate of drug-likeness (QED) is 0.769. The van der Waals surface area contributed by atoms with Gasteiger partial charge in [0, 0.05) is 17.6 Å². The van der Waals surface area contributed by atoms with Gasteiger partial charge in [0.2, 0.25) is 5.91 Å². The molecule has 0 saturated heterocycles. The van der Waals surface area contributed by atoms with E-state index in [4.69, 9.17) is 23.2 Å². The van der Waals surface area contributed by atoms with Crippen LogP contribution in [0.4, 0.5) is 5.82 Å². The van der Waals surface area contributed by atoms with Gasteiger partial charge in [-0.3, -0.25) is 9.48 Å². The molecule has 0 aliphatic heterocycles. The third-order valence-electron chi connectivity index (χ3n) is 4.52. The Kier molecular flexibility index (Phi) is 5.80. The minimum atomic E-state index is -0.0215. The largest absolute Gasteiger partial charge is 0.308 e. The van der Waals surface area contributed by atoms with Crippen LogP contribution in [0.2, 0.25) is 10.0 Å². The van der Waals surface area contributed by atoms with Crippen molar-refractivity contribution in [3.05, 3.63) is 46.1 Å². The standard InChI is InChI=1S/C18H21Cl2N3O/c19-15-8-4-3-7-14(15)11-23-12-16(20)18(22-23)21-17(24)10-9-13-5-1-2-6-13/h3-4,7-8,12-13H,1-2,5-6,9-11H2,(H,21,22,24). The summed E-state index contributed by atoms with van der Waals surface area (Å²) in [6.07, 6.45) is 8.27. The first-order valence-corrected chi connectivity index (χ1v) is 9.13. The molecule has 4 nitrogen and oxygen atoms in total. The van der Waals surface area contributed by atoms with Gasteiger partial charge in [-0.15, -0.1) is 0 Å². The smallest absolute Gasteiger partial charge is 0.225 e. The molecule has 1 aromatic carbocycles. The van der Waals surface area contributed by atoms with Crippen molar-refractivity contribution >= 4 is 34.9 Å². The molecule has 3 rings (SSSR count). The topological polar surface area (TPSA) is 46.9 Å². The zero-order valence-electron chi connectivity index (χ0n) is 13.5. The summed E-state index contributed by atoms with van der Waals surface area (Å²) in [6, 6.07) is 7.60. The Morgan fingerprint density at radius 3 is 2.71 bits per heavy atom. The van der Waals surface area contributed by atoms with Crippen molar-refractivity contribution in [2.24, 2.45) is 5.92 Å². The monoisotopic (exact) mass is 365 g/mol. The van der Waals surface area contributed by atoms with E-state index in [1.807, 2.05) is 24.3 Å². The molecular weight excluding hydrogens is 345 g/mol. The fourth-order valence-electron chi connectivity index (χ4n) is 3.19. The number of anilines is 1. The zero-order chi connectivity index (χ0) is 16.9. The van der Waals surface area contributed by atoms with Crippen molar-refractivity contribution in [3.63, 3.8) is 0 Å². The molecule has 1 saturated carbocycles. The number of carbonyl (C=O) groups is 1. The van der Waals surface area contributed by atoms with Crippen LogP contribution in [0.1, 0.15) is 44.1 Å². The van der Waals surface area contributed by atoms with Gasteiger partial charge < -0.3 is 5.32 Å². The number of halogens is 2. The highest BCUT2D eigenvalue weighted by Gasteiger charge is 2.17. The second-order valence-corrected chi connectivity index (χ2v) is 7.17. The molecule has 0 bridgehead atoms. The summed E-state index contributed by atoms with van der Waals surface area (Å²) < 4.78 is 1.69. The van der Waals surface area contributed by atoms with Gasteiger partial charge in [0.15, 0.2) is 5.82 Å².